The third-order valence-electron chi connectivity index (χ3n) is 7.14. The summed E-state index contributed by atoms with van der Waals surface area (Å²) in [6, 6.07) is 0. The van der Waals surface area contributed by atoms with Crippen molar-refractivity contribution in [1.29, 1.82) is 0 Å². The molecule has 0 unspecified atom stereocenters. The lowest BCUT2D eigenvalue weighted by molar-refractivity contribution is -0.169. The minimum absolute atomic E-state index is 0.142. The van der Waals surface area contributed by atoms with Gasteiger partial charge in [0, 0.05) is 12.8 Å². The van der Waals surface area contributed by atoms with E-state index in [1.807, 2.05) is 0 Å². The number of esters is 2. The molecule has 0 aromatic heterocycles. The minimum Gasteiger partial charge on any atom is -0.458 e. The third kappa shape index (κ3) is 25.1. The maximum Gasteiger partial charge on any atom is 0.306 e. The molecule has 0 fully saturated rings. The summed E-state index contributed by atoms with van der Waals surface area (Å²) in [6.45, 7) is 7.22. The Hall–Kier alpha value is -1.62. The molecule has 0 radical (unpaired) electrons. The first kappa shape index (κ1) is 37.4. The molecule has 0 saturated heterocycles. The Morgan fingerprint density at radius 3 is 1.49 bits per heavy atom. The van der Waals surface area contributed by atoms with E-state index < -0.39 is 0 Å². The molecular weight excluding hydrogens is 486 g/mol. The van der Waals surface area contributed by atoms with Crippen molar-refractivity contribution in [3.05, 3.63) is 24.3 Å². The molecule has 0 aromatic rings. The van der Waals surface area contributed by atoms with Gasteiger partial charge in [0.15, 0.2) is 0 Å². The zero-order valence-electron chi connectivity index (χ0n) is 26.4. The summed E-state index contributed by atoms with van der Waals surface area (Å²) in [4.78, 5) is 27.7. The molecule has 0 aromatic carbocycles. The van der Waals surface area contributed by atoms with E-state index in [2.05, 4.69) is 64.1 Å². The molecule has 5 nitrogen and oxygen atoms in total. The van der Waals surface area contributed by atoms with Gasteiger partial charge in [-0.3, -0.25) is 9.59 Å². The quantitative estimate of drug-likeness (QED) is 0.0580. The Morgan fingerprint density at radius 2 is 1.05 bits per heavy atom. The molecular formula is C34H63NO4. The van der Waals surface area contributed by atoms with E-state index in [0.29, 0.717) is 12.8 Å². The average Bonchev–Trinajstić information content (AvgIpc) is 2.90. The van der Waals surface area contributed by atoms with E-state index in [1.54, 1.807) is 0 Å². The second-order valence-electron chi connectivity index (χ2n) is 11.2. The van der Waals surface area contributed by atoms with Crippen LogP contribution in [0.4, 0.5) is 0 Å². The van der Waals surface area contributed by atoms with Gasteiger partial charge in [-0.1, -0.05) is 82.6 Å². The molecule has 0 N–H and O–H groups in total. The number of ether oxygens (including phenoxy) is 2. The number of hydrogen-bond donors (Lipinski definition) is 0. The van der Waals surface area contributed by atoms with Crippen LogP contribution in [-0.4, -0.2) is 49.7 Å². The first-order valence-corrected chi connectivity index (χ1v) is 16.2. The molecule has 5 heteroatoms. The van der Waals surface area contributed by atoms with E-state index in [1.165, 1.54) is 25.7 Å². The number of carbonyl (C=O) groups excluding carboxylic acids is 2. The zero-order valence-corrected chi connectivity index (χ0v) is 26.4. The van der Waals surface area contributed by atoms with Gasteiger partial charge in [0.2, 0.25) is 0 Å². The van der Waals surface area contributed by atoms with Crippen LogP contribution in [0.15, 0.2) is 24.3 Å². The van der Waals surface area contributed by atoms with Crippen molar-refractivity contribution in [3.8, 4) is 0 Å². The van der Waals surface area contributed by atoms with E-state index in [4.69, 9.17) is 9.47 Å². The van der Waals surface area contributed by atoms with Gasteiger partial charge in [-0.05, 0) is 98.7 Å². The molecule has 39 heavy (non-hydrogen) atoms. The van der Waals surface area contributed by atoms with E-state index in [-0.39, 0.29) is 24.1 Å². The van der Waals surface area contributed by atoms with Gasteiger partial charge >= 0.3 is 11.9 Å². The number of nitrogens with zero attached hydrogens (tertiary/aromatic N) is 1. The van der Waals surface area contributed by atoms with Gasteiger partial charge in [0.05, 0.1) is 0 Å². The van der Waals surface area contributed by atoms with Gasteiger partial charge in [-0.2, -0.15) is 0 Å². The highest BCUT2D eigenvalue weighted by molar-refractivity contribution is 5.70. The Bertz CT molecular complexity index is 629. The summed E-state index contributed by atoms with van der Waals surface area (Å²) in [5.41, 5.74) is 0. The van der Waals surface area contributed by atoms with Crippen LogP contribution in [0.3, 0.4) is 0 Å². The van der Waals surface area contributed by atoms with Crippen molar-refractivity contribution in [2.24, 2.45) is 0 Å². The van der Waals surface area contributed by atoms with Gasteiger partial charge < -0.3 is 14.4 Å². The average molecular weight is 550 g/mol. The highest BCUT2D eigenvalue weighted by atomic mass is 16.6. The van der Waals surface area contributed by atoms with Crippen LogP contribution in [0.2, 0.25) is 0 Å². The predicted octanol–water partition coefficient (Wildman–Crippen LogP) is 9.35. The number of carbonyl (C=O) groups is 2. The maximum absolute atomic E-state index is 12.8. The predicted molar refractivity (Wildman–Crippen MR) is 166 cm³/mol. The molecule has 0 heterocycles. The van der Waals surface area contributed by atoms with Crippen molar-refractivity contribution < 1.29 is 19.1 Å². The van der Waals surface area contributed by atoms with Crippen LogP contribution >= 0.6 is 0 Å². The lowest BCUT2D eigenvalue weighted by Crippen LogP contribution is -2.36. The molecule has 0 aliphatic heterocycles. The summed E-state index contributed by atoms with van der Waals surface area (Å²) in [7, 11) is 4.11. The topological polar surface area (TPSA) is 55.8 Å². The number of unbranched alkanes of at least 4 members (excludes halogenated alkanes) is 12. The summed E-state index contributed by atoms with van der Waals surface area (Å²) in [5, 5.41) is 0. The van der Waals surface area contributed by atoms with Crippen molar-refractivity contribution in [2.45, 2.75) is 161 Å². The van der Waals surface area contributed by atoms with Crippen LogP contribution in [-0.2, 0) is 19.1 Å². The number of allylic oxidation sites excluding steroid dienone is 4. The zero-order chi connectivity index (χ0) is 29.0. The fraction of sp³-hybridized carbons (Fsp3) is 0.824. The molecule has 0 bridgehead atoms. The normalized spacial score (nSPS) is 13.4. The summed E-state index contributed by atoms with van der Waals surface area (Å²) in [6.07, 6.45) is 27.7. The van der Waals surface area contributed by atoms with E-state index in [9.17, 15) is 9.59 Å². The molecule has 0 saturated carbocycles. The van der Waals surface area contributed by atoms with Crippen molar-refractivity contribution in [1.82, 2.24) is 4.90 Å². The monoisotopic (exact) mass is 549 g/mol. The molecule has 0 aliphatic rings. The maximum atomic E-state index is 12.8. The SMILES string of the molecule is C/C=C/CCCCCCCC(=O)O[C@@H](CCCN(C)C)[C@@H](CCCCC)OC(=O)CCCCCCC/C=C/C. The highest BCUT2D eigenvalue weighted by Crippen LogP contribution is 2.21. The summed E-state index contributed by atoms with van der Waals surface area (Å²) in [5.74, 6) is -0.287. The molecule has 228 valence electrons. The van der Waals surface area contributed by atoms with Gasteiger partial charge in [-0.15, -0.1) is 0 Å². The van der Waals surface area contributed by atoms with Crippen molar-refractivity contribution >= 4 is 11.9 Å². The highest BCUT2D eigenvalue weighted by Gasteiger charge is 2.28. The minimum atomic E-state index is -0.356. The van der Waals surface area contributed by atoms with Crippen LogP contribution in [0.5, 0.6) is 0 Å². The lowest BCUT2D eigenvalue weighted by Gasteiger charge is -2.28. The van der Waals surface area contributed by atoms with Crippen LogP contribution in [0, 0.1) is 0 Å². The number of rotatable bonds is 27. The first-order chi connectivity index (χ1) is 18.9. The van der Waals surface area contributed by atoms with Crippen molar-refractivity contribution in [2.75, 3.05) is 20.6 Å². The molecule has 0 aliphatic carbocycles. The smallest absolute Gasteiger partial charge is 0.306 e. The Morgan fingerprint density at radius 1 is 0.615 bits per heavy atom. The van der Waals surface area contributed by atoms with Gasteiger partial charge in [0.25, 0.3) is 0 Å². The van der Waals surface area contributed by atoms with Gasteiger partial charge in [-0.25, -0.2) is 0 Å². The Balaban J connectivity index is 4.81. The molecule has 0 amide bonds. The number of hydrogen-bond acceptors (Lipinski definition) is 5. The fourth-order valence-electron chi connectivity index (χ4n) is 4.76. The first-order valence-electron chi connectivity index (χ1n) is 16.2. The standard InChI is InChI=1S/C34H63NO4/c1-6-9-12-14-16-18-20-23-28-33(36)38-31(26-22-11-8-3)32(27-25-30-35(4)5)39-34(37)29-24-21-19-17-15-13-10-7-2/h6-7,9-10,31-32H,8,11-30H2,1-5H3/b9-6+,10-7+/t31-,32+/m1/s1. The largest absolute Gasteiger partial charge is 0.458 e. The molecule has 0 rings (SSSR count). The van der Waals surface area contributed by atoms with Crippen LogP contribution in [0.1, 0.15) is 149 Å². The van der Waals surface area contributed by atoms with Crippen LogP contribution in [0.25, 0.3) is 0 Å². The molecule has 0 spiro atoms. The van der Waals surface area contributed by atoms with E-state index in [0.717, 1.165) is 96.4 Å². The lowest BCUT2D eigenvalue weighted by atomic mass is 10.0. The van der Waals surface area contributed by atoms with Crippen LogP contribution < -0.4 is 0 Å². The second kappa shape index (κ2) is 27.9. The van der Waals surface area contributed by atoms with Crippen molar-refractivity contribution in [3.63, 3.8) is 0 Å². The Kier molecular flexibility index (Phi) is 26.8. The third-order valence-corrected chi connectivity index (χ3v) is 7.14. The second-order valence-corrected chi connectivity index (χ2v) is 11.2. The summed E-state index contributed by atoms with van der Waals surface area (Å²) >= 11 is 0. The van der Waals surface area contributed by atoms with E-state index >= 15 is 0 Å². The van der Waals surface area contributed by atoms with Gasteiger partial charge in [0.1, 0.15) is 12.2 Å². The fourth-order valence-corrected chi connectivity index (χ4v) is 4.76. The Labute approximate surface area is 242 Å². The summed E-state index contributed by atoms with van der Waals surface area (Å²) < 4.78 is 12.0. The molecule has 2 atom stereocenters.